The molecule has 2 aliphatic carbocycles. The molecule has 2 aliphatic rings. The van der Waals surface area contributed by atoms with E-state index in [1.165, 1.54) is 22.8 Å². The van der Waals surface area contributed by atoms with Crippen LogP contribution < -0.4 is 0 Å². The minimum atomic E-state index is -0.399. The van der Waals surface area contributed by atoms with Crippen LogP contribution in [0.3, 0.4) is 0 Å². The van der Waals surface area contributed by atoms with Crippen molar-refractivity contribution in [3.63, 3.8) is 0 Å². The Balaban J connectivity index is 1.69. The van der Waals surface area contributed by atoms with Gasteiger partial charge in [-0.2, -0.15) is 0 Å². The fraction of sp³-hybridized carbons (Fsp3) is 0.222. The van der Waals surface area contributed by atoms with Gasteiger partial charge in [-0.1, -0.05) is 74.0 Å². The van der Waals surface area contributed by atoms with Gasteiger partial charge in [-0.3, -0.25) is 4.79 Å². The average Bonchev–Trinajstić information content (AvgIpc) is 2.75. The molecule has 0 aromatic heterocycles. The molecule has 0 radical (unpaired) electrons. The highest BCUT2D eigenvalue weighted by atomic mass is 35.5. The molecule has 3 aromatic carbocycles. The Labute approximate surface area is 181 Å². The lowest BCUT2D eigenvalue weighted by Gasteiger charge is -2.33. The summed E-state index contributed by atoms with van der Waals surface area (Å²) in [6, 6.07) is 17.2. The first-order valence-electron chi connectivity index (χ1n) is 10.4. The van der Waals surface area contributed by atoms with Crippen LogP contribution in [0.2, 0.25) is 5.02 Å². The Kier molecular flexibility index (Phi) is 4.63. The van der Waals surface area contributed by atoms with E-state index < -0.39 is 5.82 Å². The molecule has 150 valence electrons. The lowest BCUT2D eigenvalue weighted by molar-refractivity contribution is 0.0991. The van der Waals surface area contributed by atoms with Crippen LogP contribution in [0.5, 0.6) is 0 Å². The number of benzene rings is 3. The van der Waals surface area contributed by atoms with Crippen LogP contribution in [0, 0.1) is 17.7 Å². The summed E-state index contributed by atoms with van der Waals surface area (Å²) in [5, 5.41) is 0.148. The predicted octanol–water partition coefficient (Wildman–Crippen LogP) is 7.25. The normalized spacial score (nSPS) is 17.3. The van der Waals surface area contributed by atoms with Crippen molar-refractivity contribution >= 4 is 29.0 Å². The van der Waals surface area contributed by atoms with Gasteiger partial charge < -0.3 is 0 Å². The van der Waals surface area contributed by atoms with Gasteiger partial charge in [0.1, 0.15) is 5.82 Å². The van der Waals surface area contributed by atoms with Crippen LogP contribution in [0.25, 0.3) is 22.8 Å². The van der Waals surface area contributed by atoms with E-state index in [0.29, 0.717) is 12.3 Å². The molecule has 0 saturated heterocycles. The molecule has 0 amide bonds. The smallest absolute Gasteiger partial charge is 0.167 e. The molecule has 3 aromatic rings. The van der Waals surface area contributed by atoms with E-state index in [0.717, 1.165) is 34.2 Å². The van der Waals surface area contributed by atoms with Gasteiger partial charge >= 0.3 is 0 Å². The van der Waals surface area contributed by atoms with Crippen LogP contribution in [-0.4, -0.2) is 5.78 Å². The molecular formula is C27H22ClFO. The third kappa shape index (κ3) is 3.02. The highest BCUT2D eigenvalue weighted by Crippen LogP contribution is 2.44. The van der Waals surface area contributed by atoms with Gasteiger partial charge in [-0.05, 0) is 69.3 Å². The molecule has 3 heteroatoms. The number of carbonyl (C=O) groups excluding carboxylic acids is 1. The SMILES string of the molecule is CC(C)C1Cc2c(ccc3c2CC(=O)c2ccccc2-3)C=C1c1ccc(F)c(Cl)c1. The van der Waals surface area contributed by atoms with Crippen molar-refractivity contribution in [3.05, 3.63) is 93.3 Å². The van der Waals surface area contributed by atoms with Crippen LogP contribution in [0.1, 0.15) is 46.5 Å². The molecule has 0 fully saturated rings. The second-order valence-corrected chi connectivity index (χ2v) is 9.00. The fourth-order valence-electron chi connectivity index (χ4n) is 4.93. The number of ketones is 1. The summed E-state index contributed by atoms with van der Waals surface area (Å²) >= 11 is 6.08. The summed E-state index contributed by atoms with van der Waals surface area (Å²) in [6.45, 7) is 4.43. The van der Waals surface area contributed by atoms with E-state index in [1.807, 2.05) is 30.3 Å². The standard InChI is InChI=1S/C27H22ClFO/c1-15(2)21-13-23-16(11-22(21)17-8-10-26(29)25(28)12-17)7-9-19-18-5-3-4-6-20(18)27(30)14-24(19)23/h3-12,15,21H,13-14H2,1-2H3. The molecule has 0 N–H and O–H groups in total. The van der Waals surface area contributed by atoms with Crippen molar-refractivity contribution in [2.75, 3.05) is 0 Å². The Morgan fingerprint density at radius 3 is 2.47 bits per heavy atom. The second-order valence-electron chi connectivity index (χ2n) is 8.59. The van der Waals surface area contributed by atoms with Gasteiger partial charge in [-0.25, -0.2) is 4.39 Å². The number of allylic oxidation sites excluding steroid dienone is 1. The zero-order chi connectivity index (χ0) is 21.0. The Morgan fingerprint density at radius 2 is 1.73 bits per heavy atom. The maximum atomic E-state index is 13.7. The van der Waals surface area contributed by atoms with Gasteiger partial charge in [0.05, 0.1) is 5.02 Å². The van der Waals surface area contributed by atoms with E-state index in [-0.39, 0.29) is 16.7 Å². The van der Waals surface area contributed by atoms with Crippen molar-refractivity contribution in [2.45, 2.75) is 26.7 Å². The number of hydrogen-bond donors (Lipinski definition) is 0. The van der Waals surface area contributed by atoms with E-state index in [1.54, 1.807) is 6.07 Å². The monoisotopic (exact) mass is 416 g/mol. The number of hydrogen-bond acceptors (Lipinski definition) is 1. The lowest BCUT2D eigenvalue weighted by atomic mass is 9.71. The molecule has 0 heterocycles. The number of rotatable bonds is 2. The highest BCUT2D eigenvalue weighted by molar-refractivity contribution is 6.31. The molecule has 1 nitrogen and oxygen atoms in total. The summed E-state index contributed by atoms with van der Waals surface area (Å²) in [7, 11) is 0. The van der Waals surface area contributed by atoms with Crippen LogP contribution in [0.15, 0.2) is 54.6 Å². The number of carbonyl (C=O) groups is 1. The molecule has 30 heavy (non-hydrogen) atoms. The molecule has 0 spiro atoms. The number of fused-ring (bicyclic) bond motifs is 5. The minimum Gasteiger partial charge on any atom is -0.294 e. The largest absolute Gasteiger partial charge is 0.294 e. The zero-order valence-corrected chi connectivity index (χ0v) is 17.8. The van der Waals surface area contributed by atoms with Crippen molar-refractivity contribution in [2.24, 2.45) is 11.8 Å². The summed E-state index contributed by atoms with van der Waals surface area (Å²) < 4.78 is 13.7. The van der Waals surface area contributed by atoms with Gasteiger partial charge in [0.15, 0.2) is 5.78 Å². The number of halogens is 2. The molecule has 0 bridgehead atoms. The summed E-state index contributed by atoms with van der Waals surface area (Å²) in [4.78, 5) is 12.8. The van der Waals surface area contributed by atoms with E-state index in [9.17, 15) is 9.18 Å². The van der Waals surface area contributed by atoms with E-state index >= 15 is 0 Å². The Bertz CT molecular complexity index is 1220. The van der Waals surface area contributed by atoms with E-state index in [4.69, 9.17) is 11.6 Å². The highest BCUT2D eigenvalue weighted by Gasteiger charge is 2.31. The summed E-state index contributed by atoms with van der Waals surface area (Å²) in [5.74, 6) is 0.464. The number of Topliss-reactive ketones (excluding diaryl/α,β-unsaturated/α-hetero) is 1. The molecule has 0 aliphatic heterocycles. The second kappa shape index (κ2) is 7.21. The molecule has 5 rings (SSSR count). The van der Waals surface area contributed by atoms with Crippen molar-refractivity contribution in [1.82, 2.24) is 0 Å². The van der Waals surface area contributed by atoms with Crippen LogP contribution in [0.4, 0.5) is 4.39 Å². The summed E-state index contributed by atoms with van der Waals surface area (Å²) in [6.07, 6.45) is 3.52. The first-order valence-corrected chi connectivity index (χ1v) is 10.8. The fourth-order valence-corrected chi connectivity index (χ4v) is 5.11. The summed E-state index contributed by atoms with van der Waals surface area (Å²) in [5.41, 5.74) is 8.75. The zero-order valence-electron chi connectivity index (χ0n) is 17.0. The van der Waals surface area contributed by atoms with Crippen molar-refractivity contribution in [1.29, 1.82) is 0 Å². The minimum absolute atomic E-state index is 0.148. The van der Waals surface area contributed by atoms with Gasteiger partial charge in [0, 0.05) is 12.0 Å². The predicted molar refractivity (Wildman–Crippen MR) is 121 cm³/mol. The first kappa shape index (κ1) is 19.3. The first-order chi connectivity index (χ1) is 14.4. The lowest BCUT2D eigenvalue weighted by Crippen LogP contribution is -2.22. The van der Waals surface area contributed by atoms with Crippen molar-refractivity contribution < 1.29 is 9.18 Å². The third-order valence-electron chi connectivity index (χ3n) is 6.51. The van der Waals surface area contributed by atoms with Gasteiger partial charge in [0.2, 0.25) is 0 Å². The van der Waals surface area contributed by atoms with Crippen LogP contribution >= 0.6 is 11.6 Å². The maximum Gasteiger partial charge on any atom is 0.167 e. The molecule has 1 atom stereocenters. The Morgan fingerprint density at radius 1 is 0.967 bits per heavy atom. The molecule has 1 unspecified atom stereocenters. The molecular weight excluding hydrogens is 395 g/mol. The van der Waals surface area contributed by atoms with E-state index in [2.05, 4.69) is 32.1 Å². The maximum absolute atomic E-state index is 13.7. The quantitative estimate of drug-likeness (QED) is 0.429. The van der Waals surface area contributed by atoms with Crippen molar-refractivity contribution in [3.8, 4) is 11.1 Å². The molecule has 0 saturated carbocycles. The Hall–Kier alpha value is -2.71. The third-order valence-corrected chi connectivity index (χ3v) is 6.80. The topological polar surface area (TPSA) is 17.1 Å². The average molecular weight is 417 g/mol. The van der Waals surface area contributed by atoms with Gasteiger partial charge in [0.25, 0.3) is 0 Å². The van der Waals surface area contributed by atoms with Gasteiger partial charge in [-0.15, -0.1) is 0 Å². The van der Waals surface area contributed by atoms with Crippen LogP contribution in [-0.2, 0) is 12.8 Å².